The molecule has 4 aromatic rings. The summed E-state index contributed by atoms with van der Waals surface area (Å²) in [4.78, 5) is 32.9. The lowest BCUT2D eigenvalue weighted by Gasteiger charge is -2.41. The number of methoxy groups -OCH3 is 1. The second-order valence-electron chi connectivity index (χ2n) is 8.79. The maximum absolute atomic E-state index is 14.1. The first-order valence-corrected chi connectivity index (χ1v) is 12.0. The number of benzene rings is 3. The summed E-state index contributed by atoms with van der Waals surface area (Å²) < 4.78 is 5.35. The zero-order valence-electron chi connectivity index (χ0n) is 20.0. The van der Waals surface area contributed by atoms with Crippen molar-refractivity contribution in [3.05, 3.63) is 101 Å². The average molecular weight is 468 g/mol. The average Bonchev–Trinajstić information content (AvgIpc) is 3.32. The summed E-state index contributed by atoms with van der Waals surface area (Å²) in [5, 5.41) is 4.18. The van der Waals surface area contributed by atoms with Gasteiger partial charge in [0.25, 0.3) is 5.91 Å². The van der Waals surface area contributed by atoms with Crippen LogP contribution in [-0.2, 0) is 16.0 Å². The van der Waals surface area contributed by atoms with Crippen LogP contribution in [0.2, 0.25) is 0 Å². The molecule has 0 bridgehead atoms. The molecule has 2 N–H and O–H groups in total. The van der Waals surface area contributed by atoms with E-state index in [1.54, 1.807) is 12.0 Å². The van der Waals surface area contributed by atoms with Crippen molar-refractivity contribution in [3.8, 4) is 0 Å². The van der Waals surface area contributed by atoms with Crippen LogP contribution in [0.15, 0.2) is 79.0 Å². The number of aromatic nitrogens is 1. The highest BCUT2D eigenvalue weighted by Crippen LogP contribution is 2.45. The molecular formula is C29H29N3O3. The molecule has 5 rings (SSSR count). The number of nitrogens with one attached hydrogen (secondary N) is 2. The fourth-order valence-corrected chi connectivity index (χ4v) is 5.16. The minimum atomic E-state index is -0.593. The van der Waals surface area contributed by atoms with E-state index in [4.69, 9.17) is 4.74 Å². The van der Waals surface area contributed by atoms with Crippen LogP contribution in [0.25, 0.3) is 10.9 Å². The van der Waals surface area contributed by atoms with Crippen LogP contribution in [0.3, 0.4) is 0 Å². The van der Waals surface area contributed by atoms with E-state index in [1.165, 1.54) is 0 Å². The predicted molar refractivity (Wildman–Crippen MR) is 138 cm³/mol. The Morgan fingerprint density at radius 2 is 1.74 bits per heavy atom. The number of carbonyl (C=O) groups excluding carboxylic acids is 2. The summed E-state index contributed by atoms with van der Waals surface area (Å²) in [6.07, 6.45) is 2.73. The van der Waals surface area contributed by atoms with Crippen LogP contribution in [-0.4, -0.2) is 42.0 Å². The second kappa shape index (κ2) is 9.76. The summed E-state index contributed by atoms with van der Waals surface area (Å²) >= 11 is 0. The van der Waals surface area contributed by atoms with E-state index in [0.717, 1.165) is 39.7 Å². The molecule has 6 heteroatoms. The summed E-state index contributed by atoms with van der Waals surface area (Å²) in [6.45, 7) is 2.82. The van der Waals surface area contributed by atoms with E-state index in [2.05, 4.69) is 17.2 Å². The van der Waals surface area contributed by atoms with Crippen molar-refractivity contribution in [1.29, 1.82) is 0 Å². The molecule has 0 aliphatic carbocycles. The molecule has 0 saturated heterocycles. The van der Waals surface area contributed by atoms with Gasteiger partial charge >= 0.3 is 0 Å². The monoisotopic (exact) mass is 467 g/mol. The number of aromatic amines is 1. The van der Waals surface area contributed by atoms with Crippen LogP contribution in [0.1, 0.15) is 45.9 Å². The number of amides is 2. The lowest BCUT2D eigenvalue weighted by molar-refractivity contribution is -0.119. The maximum atomic E-state index is 14.1. The van der Waals surface area contributed by atoms with Crippen molar-refractivity contribution in [2.45, 2.75) is 25.3 Å². The van der Waals surface area contributed by atoms with Gasteiger partial charge in [0.15, 0.2) is 0 Å². The smallest absolute Gasteiger partial charge is 0.254 e. The molecule has 35 heavy (non-hydrogen) atoms. The molecule has 0 spiro atoms. The fourth-order valence-electron chi connectivity index (χ4n) is 5.16. The van der Waals surface area contributed by atoms with E-state index < -0.39 is 12.0 Å². The number of fused-ring (bicyclic) bond motifs is 2. The van der Waals surface area contributed by atoms with Gasteiger partial charge in [-0.05, 0) is 35.7 Å². The Morgan fingerprint density at radius 1 is 1.00 bits per heavy atom. The Bertz CT molecular complexity index is 1380. The molecule has 1 aliphatic rings. The molecular weight excluding hydrogens is 438 g/mol. The van der Waals surface area contributed by atoms with Gasteiger partial charge in [-0.1, -0.05) is 61.5 Å². The van der Waals surface area contributed by atoms with Crippen molar-refractivity contribution in [2.24, 2.45) is 0 Å². The third-order valence-electron chi connectivity index (χ3n) is 6.85. The molecule has 0 fully saturated rings. The van der Waals surface area contributed by atoms with Gasteiger partial charge in [-0.15, -0.1) is 0 Å². The minimum Gasteiger partial charge on any atom is -0.383 e. The van der Waals surface area contributed by atoms with Crippen LogP contribution < -0.4 is 5.32 Å². The van der Waals surface area contributed by atoms with E-state index in [9.17, 15) is 9.59 Å². The van der Waals surface area contributed by atoms with Crippen molar-refractivity contribution in [3.63, 3.8) is 0 Å². The number of hydrogen-bond donors (Lipinski definition) is 2. The molecule has 2 unspecified atom stereocenters. The van der Waals surface area contributed by atoms with Crippen LogP contribution >= 0.6 is 0 Å². The third kappa shape index (κ3) is 4.10. The van der Waals surface area contributed by atoms with Gasteiger partial charge in [0, 0.05) is 47.6 Å². The Morgan fingerprint density at radius 3 is 2.57 bits per heavy atom. The highest BCUT2D eigenvalue weighted by atomic mass is 16.5. The summed E-state index contributed by atoms with van der Waals surface area (Å²) in [6, 6.07) is 22.8. The first-order chi connectivity index (χ1) is 17.1. The lowest BCUT2D eigenvalue weighted by atomic mass is 9.79. The zero-order valence-corrected chi connectivity index (χ0v) is 20.0. The molecule has 178 valence electrons. The second-order valence-corrected chi connectivity index (χ2v) is 8.79. The number of carbonyl (C=O) groups is 2. The molecule has 2 atom stereocenters. The summed E-state index contributed by atoms with van der Waals surface area (Å²) in [5.41, 5.74) is 5.06. The molecule has 1 aromatic heterocycles. The number of para-hydroxylation sites is 2. The van der Waals surface area contributed by atoms with Gasteiger partial charge < -0.3 is 19.9 Å². The number of nitrogens with zero attached hydrogens (tertiary/aromatic N) is 1. The Kier molecular flexibility index (Phi) is 6.38. The first-order valence-electron chi connectivity index (χ1n) is 12.0. The number of rotatable bonds is 7. The van der Waals surface area contributed by atoms with Gasteiger partial charge in [0.05, 0.1) is 18.6 Å². The topological polar surface area (TPSA) is 74.4 Å². The van der Waals surface area contributed by atoms with E-state index in [-0.39, 0.29) is 11.8 Å². The molecule has 0 radical (unpaired) electrons. The van der Waals surface area contributed by atoms with Gasteiger partial charge in [-0.3, -0.25) is 9.59 Å². The third-order valence-corrected chi connectivity index (χ3v) is 6.85. The first kappa shape index (κ1) is 22.9. The van der Waals surface area contributed by atoms with Gasteiger partial charge in [-0.2, -0.15) is 0 Å². The van der Waals surface area contributed by atoms with Gasteiger partial charge in [-0.25, -0.2) is 0 Å². The Balaban J connectivity index is 1.67. The number of H-pyrrole nitrogens is 1. The van der Waals surface area contributed by atoms with E-state index in [0.29, 0.717) is 18.7 Å². The number of hydrogen-bond acceptors (Lipinski definition) is 3. The van der Waals surface area contributed by atoms with Crippen molar-refractivity contribution < 1.29 is 14.3 Å². The molecule has 1 aliphatic heterocycles. The Hall–Kier alpha value is -3.90. The molecule has 0 saturated carbocycles. The zero-order chi connectivity index (χ0) is 24.4. The lowest BCUT2D eigenvalue weighted by Crippen LogP contribution is -2.47. The fraction of sp³-hybridized carbons (Fsp3) is 0.241. The normalized spacial score (nSPS) is 17.4. The van der Waals surface area contributed by atoms with Crippen molar-refractivity contribution in [1.82, 2.24) is 9.88 Å². The van der Waals surface area contributed by atoms with Gasteiger partial charge in [0.2, 0.25) is 5.91 Å². The minimum absolute atomic E-state index is 0.0917. The molecule has 2 amide bonds. The quantitative estimate of drug-likeness (QED) is 0.388. The highest BCUT2D eigenvalue weighted by molar-refractivity contribution is 6.05. The van der Waals surface area contributed by atoms with Crippen LogP contribution in [0.4, 0.5) is 5.69 Å². The summed E-state index contributed by atoms with van der Waals surface area (Å²) in [7, 11) is 1.62. The number of ether oxygens (including phenoxy) is 1. The van der Waals surface area contributed by atoms with E-state index in [1.807, 2.05) is 79.0 Å². The maximum Gasteiger partial charge on any atom is 0.254 e. The number of aryl methyl sites for hydroxylation is 1. The van der Waals surface area contributed by atoms with Crippen LogP contribution in [0, 0.1) is 0 Å². The SMILES string of the molecule is CCc1ccccc1NC(=O)C1c2ccccc2C(=O)N(CCOC)C1c1c[nH]c2ccccc12. The highest BCUT2D eigenvalue weighted by Gasteiger charge is 2.44. The largest absolute Gasteiger partial charge is 0.383 e. The van der Waals surface area contributed by atoms with E-state index >= 15 is 0 Å². The predicted octanol–water partition coefficient (Wildman–Crippen LogP) is 5.30. The summed E-state index contributed by atoms with van der Waals surface area (Å²) in [5.74, 6) is -0.820. The number of anilines is 1. The van der Waals surface area contributed by atoms with Crippen LogP contribution in [0.5, 0.6) is 0 Å². The molecule has 6 nitrogen and oxygen atoms in total. The van der Waals surface area contributed by atoms with Gasteiger partial charge in [0.1, 0.15) is 0 Å². The standard InChI is InChI=1S/C29H29N3O3/c1-3-19-10-4-8-14-24(19)31-28(33)26-21-12-5-6-13-22(21)29(34)32(16-17-35-2)27(26)23-18-30-25-15-9-7-11-20(23)25/h4-15,18,26-27,30H,3,16-17H2,1-2H3,(H,31,33). The van der Waals surface area contributed by atoms with Crippen molar-refractivity contribution >= 4 is 28.4 Å². The Labute approximate surface area is 204 Å². The molecule has 2 heterocycles. The van der Waals surface area contributed by atoms with Crippen molar-refractivity contribution in [2.75, 3.05) is 25.6 Å². The molecule has 3 aromatic carbocycles.